The molecular weight excluding hydrogens is 421 g/mol. The molecule has 4 aromatic rings. The van der Waals surface area contributed by atoms with Crippen molar-refractivity contribution in [1.29, 1.82) is 0 Å². The van der Waals surface area contributed by atoms with Crippen LogP contribution in [0.1, 0.15) is 41.2 Å². The van der Waals surface area contributed by atoms with Gasteiger partial charge in [0.1, 0.15) is 5.52 Å². The van der Waals surface area contributed by atoms with Gasteiger partial charge in [-0.2, -0.15) is 0 Å². The maximum atomic E-state index is 15.1. The number of nitrogens with one attached hydrogen (secondary N) is 1. The van der Waals surface area contributed by atoms with Gasteiger partial charge >= 0.3 is 0 Å². The summed E-state index contributed by atoms with van der Waals surface area (Å²) >= 11 is 0. The van der Waals surface area contributed by atoms with Gasteiger partial charge in [0, 0.05) is 18.7 Å². The number of aliphatic hydroxyl groups is 2. The molecule has 1 heterocycles. The fourth-order valence-electron chi connectivity index (χ4n) is 4.03. The molecule has 3 N–H and O–H groups in total. The molecule has 170 valence electrons. The molecule has 1 aromatic heterocycles. The van der Waals surface area contributed by atoms with Gasteiger partial charge in [-0.25, -0.2) is 9.37 Å². The van der Waals surface area contributed by atoms with Gasteiger partial charge in [0.2, 0.25) is 0 Å². The fraction of sp³-hybridized carbons (Fsp3) is 0.231. The molecule has 1 atom stereocenters. The lowest BCUT2D eigenvalue weighted by molar-refractivity contribution is 0.0923. The molecule has 0 aliphatic rings. The number of aromatic nitrogens is 2. The average Bonchev–Trinajstić information content (AvgIpc) is 3.22. The Hall–Kier alpha value is -3.55. The predicted octanol–water partition coefficient (Wildman–Crippen LogP) is 3.59. The Morgan fingerprint density at radius 2 is 1.67 bits per heavy atom. The third-order valence-corrected chi connectivity index (χ3v) is 5.65. The first-order valence-electron chi connectivity index (χ1n) is 10.9. The third-order valence-electron chi connectivity index (χ3n) is 5.65. The monoisotopic (exact) mass is 447 g/mol. The molecule has 1 amide bonds. The van der Waals surface area contributed by atoms with E-state index in [1.54, 1.807) is 41.8 Å². The van der Waals surface area contributed by atoms with Crippen molar-refractivity contribution < 1.29 is 19.4 Å². The molecule has 3 aromatic carbocycles. The van der Waals surface area contributed by atoms with Crippen molar-refractivity contribution in [2.24, 2.45) is 0 Å². The smallest absolute Gasteiger partial charge is 0.251 e. The maximum Gasteiger partial charge on any atom is 0.251 e. The SMILES string of the molecule is CCn1c(C(O)(c2ccccc2)c2ccccc2)nc2c(F)cc(C(=O)NC[C@@H](C)O)cc21. The van der Waals surface area contributed by atoms with Gasteiger partial charge in [-0.3, -0.25) is 4.79 Å². The van der Waals surface area contributed by atoms with Crippen LogP contribution in [0.4, 0.5) is 4.39 Å². The normalized spacial score (nSPS) is 12.6. The van der Waals surface area contributed by atoms with Crippen LogP contribution in [0.3, 0.4) is 0 Å². The first-order chi connectivity index (χ1) is 15.9. The second kappa shape index (κ2) is 9.13. The Balaban J connectivity index is 1.94. The van der Waals surface area contributed by atoms with E-state index in [0.717, 1.165) is 6.07 Å². The number of fused-ring (bicyclic) bond motifs is 1. The van der Waals surface area contributed by atoms with Crippen LogP contribution in [-0.2, 0) is 12.1 Å². The number of aryl methyl sites for hydroxylation is 1. The number of imidazole rings is 1. The lowest BCUT2D eigenvalue weighted by Gasteiger charge is -2.29. The zero-order valence-electron chi connectivity index (χ0n) is 18.5. The van der Waals surface area contributed by atoms with E-state index in [4.69, 9.17) is 0 Å². The number of benzene rings is 3. The van der Waals surface area contributed by atoms with Gasteiger partial charge in [-0.15, -0.1) is 0 Å². The summed E-state index contributed by atoms with van der Waals surface area (Å²) in [6.45, 7) is 3.88. The van der Waals surface area contributed by atoms with E-state index in [1.807, 2.05) is 43.3 Å². The Bertz CT molecular complexity index is 1230. The van der Waals surface area contributed by atoms with Crippen LogP contribution in [-0.4, -0.2) is 38.3 Å². The van der Waals surface area contributed by atoms with E-state index in [0.29, 0.717) is 23.2 Å². The molecule has 6 nitrogen and oxygen atoms in total. The number of halogens is 1. The van der Waals surface area contributed by atoms with Crippen molar-refractivity contribution >= 4 is 16.9 Å². The summed E-state index contributed by atoms with van der Waals surface area (Å²) in [6, 6.07) is 20.9. The summed E-state index contributed by atoms with van der Waals surface area (Å²) in [5.74, 6) is -0.895. The van der Waals surface area contributed by atoms with Crippen LogP contribution in [0.5, 0.6) is 0 Å². The average molecular weight is 448 g/mol. The van der Waals surface area contributed by atoms with Crippen molar-refractivity contribution in [2.45, 2.75) is 32.1 Å². The Morgan fingerprint density at radius 3 is 2.18 bits per heavy atom. The highest BCUT2D eigenvalue weighted by Crippen LogP contribution is 2.38. The first-order valence-corrected chi connectivity index (χ1v) is 10.9. The summed E-state index contributed by atoms with van der Waals surface area (Å²) in [5, 5.41) is 24.2. The van der Waals surface area contributed by atoms with Gasteiger partial charge in [0.15, 0.2) is 17.2 Å². The molecule has 0 aliphatic heterocycles. The van der Waals surface area contributed by atoms with Crippen molar-refractivity contribution in [3.63, 3.8) is 0 Å². The molecule has 33 heavy (non-hydrogen) atoms. The molecule has 0 fully saturated rings. The Kier molecular flexibility index (Phi) is 6.26. The van der Waals surface area contributed by atoms with Gasteiger partial charge < -0.3 is 20.1 Å². The second-order valence-corrected chi connectivity index (χ2v) is 8.01. The Morgan fingerprint density at radius 1 is 1.09 bits per heavy atom. The van der Waals surface area contributed by atoms with Crippen molar-refractivity contribution in [1.82, 2.24) is 14.9 Å². The molecular formula is C26H26FN3O3. The minimum atomic E-state index is -1.64. The van der Waals surface area contributed by atoms with Crippen LogP contribution >= 0.6 is 0 Å². The van der Waals surface area contributed by atoms with Crippen LogP contribution in [0.2, 0.25) is 0 Å². The summed E-state index contributed by atoms with van der Waals surface area (Å²) < 4.78 is 16.9. The second-order valence-electron chi connectivity index (χ2n) is 8.01. The summed E-state index contributed by atoms with van der Waals surface area (Å²) in [5.41, 5.74) is 0.139. The highest BCUT2D eigenvalue weighted by atomic mass is 19.1. The summed E-state index contributed by atoms with van der Waals surface area (Å²) in [4.78, 5) is 17.1. The minimum Gasteiger partial charge on any atom is -0.392 e. The lowest BCUT2D eigenvalue weighted by atomic mass is 9.85. The van der Waals surface area contributed by atoms with E-state index in [1.165, 1.54) is 0 Å². The first kappa shape index (κ1) is 22.6. The van der Waals surface area contributed by atoms with E-state index >= 15 is 4.39 Å². The molecule has 0 bridgehead atoms. The number of nitrogens with zero attached hydrogens (tertiary/aromatic N) is 2. The zero-order valence-corrected chi connectivity index (χ0v) is 18.5. The van der Waals surface area contributed by atoms with E-state index in [2.05, 4.69) is 10.3 Å². The van der Waals surface area contributed by atoms with Crippen molar-refractivity contribution in [2.75, 3.05) is 6.54 Å². The number of carbonyl (C=O) groups excluding carboxylic acids is 1. The number of hydrogen-bond donors (Lipinski definition) is 3. The molecule has 0 radical (unpaired) electrons. The van der Waals surface area contributed by atoms with Gasteiger partial charge in [-0.05, 0) is 37.1 Å². The maximum absolute atomic E-state index is 15.1. The zero-order chi connectivity index (χ0) is 23.6. The molecule has 0 saturated carbocycles. The van der Waals surface area contributed by atoms with Gasteiger partial charge in [0.05, 0.1) is 11.6 Å². The molecule has 0 saturated heterocycles. The number of carbonyl (C=O) groups is 1. The van der Waals surface area contributed by atoms with Crippen molar-refractivity contribution in [3.8, 4) is 0 Å². The largest absolute Gasteiger partial charge is 0.392 e. The number of aliphatic hydroxyl groups excluding tert-OH is 1. The van der Waals surface area contributed by atoms with E-state index in [9.17, 15) is 15.0 Å². The number of rotatable bonds is 7. The number of amides is 1. The lowest BCUT2D eigenvalue weighted by Crippen LogP contribution is -2.32. The van der Waals surface area contributed by atoms with Gasteiger partial charge in [-0.1, -0.05) is 60.7 Å². The third kappa shape index (κ3) is 4.13. The molecule has 4 rings (SSSR count). The summed E-state index contributed by atoms with van der Waals surface area (Å²) in [7, 11) is 0. The standard InChI is InChI=1S/C26H26FN3O3/c1-3-30-22-15-18(24(32)28-16-17(2)31)14-21(27)23(22)29-25(30)26(33,19-10-6-4-7-11-19)20-12-8-5-9-13-20/h4-15,17,31,33H,3,16H2,1-2H3,(H,28,32)/t17-/m1/s1. The minimum absolute atomic E-state index is 0.0541. The fourth-order valence-corrected chi connectivity index (χ4v) is 4.03. The highest BCUT2D eigenvalue weighted by Gasteiger charge is 2.39. The summed E-state index contributed by atoms with van der Waals surface area (Å²) in [6.07, 6.45) is -0.720. The molecule has 7 heteroatoms. The van der Waals surface area contributed by atoms with Gasteiger partial charge in [0.25, 0.3) is 5.91 Å². The quantitative estimate of drug-likeness (QED) is 0.404. The molecule has 0 unspecified atom stereocenters. The predicted molar refractivity (Wildman–Crippen MR) is 124 cm³/mol. The van der Waals surface area contributed by atoms with Crippen molar-refractivity contribution in [3.05, 3.63) is 101 Å². The van der Waals surface area contributed by atoms with Crippen LogP contribution in [0, 0.1) is 5.82 Å². The van der Waals surface area contributed by atoms with Crippen LogP contribution in [0.15, 0.2) is 72.8 Å². The Labute approximate surface area is 191 Å². The van der Waals surface area contributed by atoms with E-state index in [-0.39, 0.29) is 23.4 Å². The molecule has 0 spiro atoms. The van der Waals surface area contributed by atoms with Crippen LogP contribution < -0.4 is 5.32 Å². The highest BCUT2D eigenvalue weighted by molar-refractivity contribution is 5.97. The number of hydrogen-bond acceptors (Lipinski definition) is 4. The van der Waals surface area contributed by atoms with E-state index < -0.39 is 23.4 Å². The molecule has 0 aliphatic carbocycles. The van der Waals surface area contributed by atoms with Crippen LogP contribution in [0.25, 0.3) is 11.0 Å². The topological polar surface area (TPSA) is 87.4 Å².